The molecule has 0 aliphatic heterocycles. The third-order valence-corrected chi connectivity index (χ3v) is 6.14. The molecule has 192 valence electrons. The van der Waals surface area contributed by atoms with Crippen molar-refractivity contribution in [3.05, 3.63) is 54.2 Å². The Labute approximate surface area is 210 Å². The highest BCUT2D eigenvalue weighted by atomic mass is 32.2. The van der Waals surface area contributed by atoms with Gasteiger partial charge >= 0.3 is 0 Å². The van der Waals surface area contributed by atoms with Gasteiger partial charge in [0.1, 0.15) is 23.4 Å². The number of hydrogen-bond donors (Lipinski definition) is 2. The number of ether oxygens (including phenoxy) is 1. The van der Waals surface area contributed by atoms with E-state index < -0.39 is 23.8 Å². The number of unbranched alkanes of at least 4 members (excludes halogenated alkanes) is 1. The highest BCUT2D eigenvalue weighted by molar-refractivity contribution is 7.99. The molecule has 0 spiro atoms. The summed E-state index contributed by atoms with van der Waals surface area (Å²) in [7, 11) is 0. The molecule has 1 heterocycles. The van der Waals surface area contributed by atoms with Gasteiger partial charge in [-0.15, -0.1) is 11.8 Å². The number of Topliss-reactive ketones (excluding diaryl/α,β-unsaturated/α-hetero) is 1. The van der Waals surface area contributed by atoms with Crippen LogP contribution in [0.4, 0.5) is 4.39 Å². The molecule has 2 amide bonds. The fraction of sp³-hybridized carbons (Fsp3) is 0.500. The Balaban J connectivity index is 1.93. The Hall–Kier alpha value is -2.81. The van der Waals surface area contributed by atoms with E-state index in [1.165, 1.54) is 36.0 Å². The van der Waals surface area contributed by atoms with E-state index in [2.05, 4.69) is 10.6 Å². The lowest BCUT2D eigenvalue weighted by Crippen LogP contribution is -2.53. The van der Waals surface area contributed by atoms with Crippen LogP contribution in [0.25, 0.3) is 0 Å². The molecule has 2 atom stereocenters. The van der Waals surface area contributed by atoms with Crippen molar-refractivity contribution in [2.75, 3.05) is 12.4 Å². The average molecular weight is 507 g/mol. The van der Waals surface area contributed by atoms with Crippen molar-refractivity contribution in [2.24, 2.45) is 5.92 Å². The third kappa shape index (κ3) is 11.0. The van der Waals surface area contributed by atoms with E-state index in [0.29, 0.717) is 24.3 Å². The van der Waals surface area contributed by atoms with Gasteiger partial charge in [0.05, 0.1) is 23.8 Å². The average Bonchev–Trinajstić information content (AvgIpc) is 3.34. The second kappa shape index (κ2) is 15.2. The van der Waals surface area contributed by atoms with Crippen LogP contribution in [0, 0.1) is 11.7 Å². The van der Waals surface area contributed by atoms with Crippen molar-refractivity contribution in [3.8, 4) is 5.75 Å². The fourth-order valence-corrected chi connectivity index (χ4v) is 4.23. The van der Waals surface area contributed by atoms with Gasteiger partial charge in [0.25, 0.3) is 5.91 Å². The Morgan fingerprint density at radius 1 is 1.09 bits per heavy atom. The Morgan fingerprint density at radius 2 is 1.83 bits per heavy atom. The number of furan rings is 1. The largest absolute Gasteiger partial charge is 0.484 e. The van der Waals surface area contributed by atoms with Crippen LogP contribution in [0.2, 0.25) is 0 Å². The van der Waals surface area contributed by atoms with Gasteiger partial charge in [-0.3, -0.25) is 14.4 Å². The topological polar surface area (TPSA) is 97.6 Å². The summed E-state index contributed by atoms with van der Waals surface area (Å²) in [6.07, 6.45) is 4.24. The second-order valence-corrected chi connectivity index (χ2v) is 9.72. The minimum Gasteiger partial charge on any atom is -0.484 e. The quantitative estimate of drug-likeness (QED) is 0.348. The van der Waals surface area contributed by atoms with Crippen molar-refractivity contribution in [1.82, 2.24) is 10.6 Å². The molecule has 0 fully saturated rings. The van der Waals surface area contributed by atoms with Gasteiger partial charge in [0, 0.05) is 0 Å². The van der Waals surface area contributed by atoms with Crippen LogP contribution in [0.3, 0.4) is 0 Å². The maximum atomic E-state index is 13.1. The van der Waals surface area contributed by atoms with E-state index in [1.807, 2.05) is 26.8 Å². The minimum atomic E-state index is -0.799. The van der Waals surface area contributed by atoms with Crippen LogP contribution in [-0.2, 0) is 20.1 Å². The maximum absolute atomic E-state index is 13.1. The summed E-state index contributed by atoms with van der Waals surface area (Å²) in [6.45, 7) is 5.62. The van der Waals surface area contributed by atoms with E-state index in [9.17, 15) is 18.8 Å². The smallest absolute Gasteiger partial charge is 0.258 e. The van der Waals surface area contributed by atoms with Crippen LogP contribution in [0.5, 0.6) is 5.75 Å². The molecule has 0 radical (unpaired) electrons. The molecule has 9 heteroatoms. The van der Waals surface area contributed by atoms with Crippen LogP contribution in [-0.4, -0.2) is 42.0 Å². The zero-order valence-electron chi connectivity index (χ0n) is 20.6. The molecule has 0 bridgehead atoms. The lowest BCUT2D eigenvalue weighted by atomic mass is 10.0. The predicted octanol–water partition coefficient (Wildman–Crippen LogP) is 4.51. The number of nitrogens with one attached hydrogen (secondary N) is 2. The first-order valence-electron chi connectivity index (χ1n) is 11.9. The number of rotatable bonds is 16. The minimum absolute atomic E-state index is 0.0578. The van der Waals surface area contributed by atoms with E-state index in [-0.39, 0.29) is 30.0 Å². The van der Waals surface area contributed by atoms with Gasteiger partial charge in [-0.2, -0.15) is 0 Å². The first kappa shape index (κ1) is 28.4. The number of benzene rings is 1. The molecule has 1 aromatic carbocycles. The zero-order valence-corrected chi connectivity index (χ0v) is 21.4. The molecule has 2 N–H and O–H groups in total. The molecule has 0 unspecified atom stereocenters. The van der Waals surface area contributed by atoms with Crippen molar-refractivity contribution in [1.29, 1.82) is 0 Å². The van der Waals surface area contributed by atoms with Crippen molar-refractivity contribution < 1.29 is 27.9 Å². The van der Waals surface area contributed by atoms with Crippen molar-refractivity contribution in [3.63, 3.8) is 0 Å². The summed E-state index contributed by atoms with van der Waals surface area (Å²) in [6, 6.07) is 7.57. The van der Waals surface area contributed by atoms with E-state index in [1.54, 1.807) is 12.3 Å². The zero-order chi connectivity index (χ0) is 25.6. The van der Waals surface area contributed by atoms with Gasteiger partial charge in [0.15, 0.2) is 12.4 Å². The monoisotopic (exact) mass is 506 g/mol. The van der Waals surface area contributed by atoms with Crippen molar-refractivity contribution >= 4 is 29.4 Å². The van der Waals surface area contributed by atoms with E-state index in [4.69, 9.17) is 9.15 Å². The van der Waals surface area contributed by atoms with E-state index >= 15 is 0 Å². The Bertz CT molecular complexity index is 918. The molecule has 0 aliphatic carbocycles. The summed E-state index contributed by atoms with van der Waals surface area (Å²) in [5.41, 5.74) is 0. The normalized spacial score (nSPS) is 12.7. The summed E-state index contributed by atoms with van der Waals surface area (Å²) >= 11 is 1.44. The Morgan fingerprint density at radius 3 is 2.46 bits per heavy atom. The highest BCUT2D eigenvalue weighted by Crippen LogP contribution is 2.15. The predicted molar refractivity (Wildman–Crippen MR) is 135 cm³/mol. The first-order valence-corrected chi connectivity index (χ1v) is 13.0. The number of halogens is 1. The number of ketones is 1. The number of carbonyl (C=O) groups excluding carboxylic acids is 3. The summed E-state index contributed by atoms with van der Waals surface area (Å²) < 4.78 is 23.7. The molecule has 0 aliphatic rings. The van der Waals surface area contributed by atoms with Gasteiger partial charge in [0.2, 0.25) is 5.91 Å². The van der Waals surface area contributed by atoms with Crippen molar-refractivity contribution in [2.45, 2.75) is 64.3 Å². The molecular weight excluding hydrogens is 471 g/mol. The van der Waals surface area contributed by atoms with Crippen LogP contribution in [0.1, 0.15) is 52.2 Å². The molecule has 7 nitrogen and oxygen atoms in total. The number of thioether (sulfide) groups is 1. The highest BCUT2D eigenvalue weighted by Gasteiger charge is 2.27. The summed E-state index contributed by atoms with van der Waals surface area (Å²) in [5.74, 6) is 0.787. The Kier molecular flexibility index (Phi) is 12.4. The lowest BCUT2D eigenvalue weighted by molar-refractivity contribution is -0.132. The maximum Gasteiger partial charge on any atom is 0.258 e. The molecule has 0 saturated carbocycles. The van der Waals surface area contributed by atoms with Crippen LogP contribution >= 0.6 is 11.8 Å². The van der Waals surface area contributed by atoms with Crippen LogP contribution in [0.15, 0.2) is 47.1 Å². The lowest BCUT2D eigenvalue weighted by Gasteiger charge is -2.24. The standard InChI is InChI=1S/C26H35FN2O5S/c1-4-5-8-22(24(30)17-35-16-21-7-6-13-33-21)29-26(32)23(14-18(2)3)28-25(31)15-34-20-11-9-19(27)10-12-20/h6-7,9-13,18,22-23H,4-5,8,14-17H2,1-3H3,(H,28,31)(H,29,32)/t22-,23-/m0/s1. The molecule has 2 aromatic rings. The van der Waals surface area contributed by atoms with Gasteiger partial charge in [-0.05, 0) is 55.2 Å². The van der Waals surface area contributed by atoms with E-state index in [0.717, 1.165) is 18.6 Å². The molecule has 0 saturated heterocycles. The summed E-state index contributed by atoms with van der Waals surface area (Å²) in [4.78, 5) is 38.4. The number of amides is 2. The van der Waals surface area contributed by atoms with Gasteiger partial charge in [-0.1, -0.05) is 33.6 Å². The fourth-order valence-electron chi connectivity index (χ4n) is 3.36. The second-order valence-electron chi connectivity index (χ2n) is 8.73. The van der Waals surface area contributed by atoms with Crippen LogP contribution < -0.4 is 15.4 Å². The van der Waals surface area contributed by atoms with Gasteiger partial charge in [-0.25, -0.2) is 4.39 Å². The molecule has 2 rings (SSSR count). The third-order valence-electron chi connectivity index (χ3n) is 5.16. The first-order chi connectivity index (χ1) is 16.8. The summed E-state index contributed by atoms with van der Waals surface area (Å²) in [5, 5.41) is 5.58. The number of carbonyl (C=O) groups is 3. The SMILES string of the molecule is CCCC[C@H](NC(=O)[C@H](CC(C)C)NC(=O)COc1ccc(F)cc1)C(=O)CSCc1ccco1. The molecular formula is C26H35FN2O5S. The number of hydrogen-bond acceptors (Lipinski definition) is 6. The van der Waals surface area contributed by atoms with Gasteiger partial charge < -0.3 is 19.8 Å². The molecule has 35 heavy (non-hydrogen) atoms. The molecule has 1 aromatic heterocycles.